The molecule has 0 fully saturated rings. The SMILES string of the molecule is Cc1ccc(S(=O)(=O)Nc2ccccc2S(=O)(=O)NC(C)(C)C)cc1. The number of rotatable bonds is 5. The average Bonchev–Trinajstić information content (AvgIpc) is 2.45. The minimum absolute atomic E-state index is 0.000162. The van der Waals surface area contributed by atoms with Crippen LogP contribution < -0.4 is 9.44 Å². The Morgan fingerprint density at radius 2 is 1.36 bits per heavy atom. The van der Waals surface area contributed by atoms with Gasteiger partial charge in [0.15, 0.2) is 0 Å². The summed E-state index contributed by atoms with van der Waals surface area (Å²) in [6.45, 7) is 6.99. The van der Waals surface area contributed by atoms with E-state index in [4.69, 9.17) is 0 Å². The van der Waals surface area contributed by atoms with Crippen LogP contribution in [0, 0.1) is 6.92 Å². The second-order valence-corrected chi connectivity index (χ2v) is 10.1. The van der Waals surface area contributed by atoms with Crippen molar-refractivity contribution >= 4 is 25.7 Å². The van der Waals surface area contributed by atoms with Gasteiger partial charge in [0.1, 0.15) is 4.90 Å². The van der Waals surface area contributed by atoms with Crippen molar-refractivity contribution in [2.24, 2.45) is 0 Å². The number of nitrogens with one attached hydrogen (secondary N) is 2. The van der Waals surface area contributed by atoms with Gasteiger partial charge in [-0.1, -0.05) is 29.8 Å². The molecule has 0 saturated heterocycles. The van der Waals surface area contributed by atoms with E-state index in [9.17, 15) is 16.8 Å². The molecule has 0 spiro atoms. The Hall–Kier alpha value is -1.90. The van der Waals surface area contributed by atoms with Crippen LogP contribution in [0.3, 0.4) is 0 Å². The van der Waals surface area contributed by atoms with Gasteiger partial charge >= 0.3 is 0 Å². The lowest BCUT2D eigenvalue weighted by Gasteiger charge is -2.21. The van der Waals surface area contributed by atoms with Crippen LogP contribution in [-0.2, 0) is 20.0 Å². The molecule has 0 bridgehead atoms. The second-order valence-electron chi connectivity index (χ2n) is 6.77. The van der Waals surface area contributed by atoms with Gasteiger partial charge in [0.2, 0.25) is 10.0 Å². The van der Waals surface area contributed by atoms with Crippen LogP contribution in [-0.4, -0.2) is 22.4 Å². The van der Waals surface area contributed by atoms with Crippen LogP contribution in [0.2, 0.25) is 0 Å². The van der Waals surface area contributed by atoms with Crippen molar-refractivity contribution in [3.05, 3.63) is 54.1 Å². The molecule has 0 unspecified atom stereocenters. The van der Waals surface area contributed by atoms with Gasteiger partial charge in [0.25, 0.3) is 10.0 Å². The molecule has 0 aliphatic rings. The van der Waals surface area contributed by atoms with Crippen LogP contribution in [0.25, 0.3) is 0 Å². The maximum absolute atomic E-state index is 12.6. The van der Waals surface area contributed by atoms with E-state index in [1.54, 1.807) is 45.0 Å². The number of anilines is 1. The summed E-state index contributed by atoms with van der Waals surface area (Å²) in [5.41, 5.74) is 0.234. The average molecular weight is 383 g/mol. The Bertz CT molecular complexity index is 958. The fourth-order valence-electron chi connectivity index (χ4n) is 2.16. The molecule has 0 aliphatic heterocycles. The highest BCUT2D eigenvalue weighted by Gasteiger charge is 2.26. The summed E-state index contributed by atoms with van der Waals surface area (Å²) in [6, 6.07) is 12.2. The van der Waals surface area contributed by atoms with E-state index in [0.29, 0.717) is 0 Å². The molecular formula is C17H22N2O4S2. The van der Waals surface area contributed by atoms with E-state index < -0.39 is 25.6 Å². The second kappa shape index (κ2) is 6.78. The van der Waals surface area contributed by atoms with Crippen LogP contribution >= 0.6 is 0 Å². The summed E-state index contributed by atoms with van der Waals surface area (Å²) in [5, 5.41) is 0. The third-order valence-electron chi connectivity index (χ3n) is 3.19. The van der Waals surface area contributed by atoms with Crippen LogP contribution in [0.1, 0.15) is 26.3 Å². The first kappa shape index (κ1) is 19.4. The van der Waals surface area contributed by atoms with Crippen molar-refractivity contribution in [3.8, 4) is 0 Å². The molecule has 2 rings (SSSR count). The highest BCUT2D eigenvalue weighted by molar-refractivity contribution is 7.93. The largest absolute Gasteiger partial charge is 0.278 e. The van der Waals surface area contributed by atoms with Crippen molar-refractivity contribution in [3.63, 3.8) is 0 Å². The lowest BCUT2D eigenvalue weighted by Crippen LogP contribution is -2.40. The number of hydrogen-bond donors (Lipinski definition) is 2. The molecule has 0 atom stereocenters. The molecule has 2 N–H and O–H groups in total. The minimum Gasteiger partial charge on any atom is -0.278 e. The zero-order valence-corrected chi connectivity index (χ0v) is 16.2. The van der Waals surface area contributed by atoms with Gasteiger partial charge in [-0.15, -0.1) is 0 Å². The topological polar surface area (TPSA) is 92.3 Å². The molecule has 136 valence electrons. The summed E-state index contributed by atoms with van der Waals surface area (Å²) < 4.78 is 55.2. The van der Waals surface area contributed by atoms with Gasteiger partial charge in [-0.05, 0) is 52.0 Å². The molecule has 6 nitrogen and oxygen atoms in total. The number of sulfonamides is 2. The minimum atomic E-state index is -3.90. The van der Waals surface area contributed by atoms with Gasteiger partial charge in [0.05, 0.1) is 10.6 Å². The van der Waals surface area contributed by atoms with E-state index in [-0.39, 0.29) is 15.5 Å². The molecule has 0 radical (unpaired) electrons. The van der Waals surface area contributed by atoms with Crippen LogP contribution in [0.5, 0.6) is 0 Å². The van der Waals surface area contributed by atoms with Crippen molar-refractivity contribution in [2.45, 2.75) is 43.0 Å². The molecule has 2 aromatic rings. The summed E-state index contributed by atoms with van der Waals surface area (Å²) >= 11 is 0. The van der Waals surface area contributed by atoms with Crippen molar-refractivity contribution in [2.75, 3.05) is 4.72 Å². The zero-order valence-electron chi connectivity index (χ0n) is 14.6. The summed E-state index contributed by atoms with van der Waals surface area (Å²) in [4.78, 5) is -0.0605. The Labute approximate surface area is 149 Å². The molecule has 0 heterocycles. The molecular weight excluding hydrogens is 360 g/mol. The van der Waals surface area contributed by atoms with E-state index in [1.807, 2.05) is 6.92 Å². The first-order valence-corrected chi connectivity index (χ1v) is 10.6. The number of aryl methyl sites for hydroxylation is 1. The molecule has 8 heteroatoms. The van der Waals surface area contributed by atoms with E-state index >= 15 is 0 Å². The summed E-state index contributed by atoms with van der Waals surface area (Å²) in [6.07, 6.45) is 0. The molecule has 0 saturated carbocycles. The van der Waals surface area contributed by atoms with Crippen molar-refractivity contribution in [1.82, 2.24) is 4.72 Å². The first-order valence-electron chi connectivity index (χ1n) is 7.63. The quantitative estimate of drug-likeness (QED) is 0.832. The van der Waals surface area contributed by atoms with Crippen LogP contribution in [0.15, 0.2) is 58.3 Å². The van der Waals surface area contributed by atoms with Crippen molar-refractivity contribution in [1.29, 1.82) is 0 Å². The number of benzene rings is 2. The molecule has 0 aromatic heterocycles. The Balaban J connectivity index is 2.43. The normalized spacial score (nSPS) is 12.8. The lowest BCUT2D eigenvalue weighted by atomic mass is 10.1. The maximum Gasteiger partial charge on any atom is 0.261 e. The summed E-state index contributed by atoms with van der Waals surface area (Å²) in [5.74, 6) is 0. The highest BCUT2D eigenvalue weighted by Crippen LogP contribution is 2.25. The standard InChI is InChI=1S/C17H22N2O4S2/c1-13-9-11-14(12-10-13)24(20,21)18-15-7-5-6-8-16(15)25(22,23)19-17(2,3)4/h5-12,18-19H,1-4H3. The van der Waals surface area contributed by atoms with E-state index in [0.717, 1.165) is 5.56 Å². The zero-order chi connectivity index (χ0) is 18.9. The van der Waals surface area contributed by atoms with Crippen LogP contribution in [0.4, 0.5) is 5.69 Å². The molecule has 0 amide bonds. The van der Waals surface area contributed by atoms with Gasteiger partial charge in [0, 0.05) is 5.54 Å². The van der Waals surface area contributed by atoms with Gasteiger partial charge < -0.3 is 0 Å². The fourth-order valence-corrected chi connectivity index (χ4v) is 4.89. The van der Waals surface area contributed by atoms with E-state index in [1.165, 1.54) is 24.3 Å². The third kappa shape index (κ3) is 5.04. The predicted octanol–water partition coefficient (Wildman–Crippen LogP) is 2.87. The molecule has 25 heavy (non-hydrogen) atoms. The monoisotopic (exact) mass is 382 g/mol. The van der Waals surface area contributed by atoms with Crippen molar-refractivity contribution < 1.29 is 16.8 Å². The Morgan fingerprint density at radius 3 is 1.92 bits per heavy atom. The summed E-state index contributed by atoms with van der Waals surface area (Å²) in [7, 11) is -7.79. The number of para-hydroxylation sites is 1. The Kier molecular flexibility index (Phi) is 5.27. The highest BCUT2D eigenvalue weighted by atomic mass is 32.2. The maximum atomic E-state index is 12.6. The fraction of sp³-hybridized carbons (Fsp3) is 0.294. The van der Waals surface area contributed by atoms with Gasteiger partial charge in [-0.3, -0.25) is 4.72 Å². The number of hydrogen-bond acceptors (Lipinski definition) is 4. The Morgan fingerprint density at radius 1 is 0.800 bits per heavy atom. The van der Waals surface area contributed by atoms with Gasteiger partial charge in [-0.25, -0.2) is 21.6 Å². The van der Waals surface area contributed by atoms with Gasteiger partial charge in [-0.2, -0.15) is 0 Å². The molecule has 0 aliphatic carbocycles. The first-order chi connectivity index (χ1) is 11.4. The molecule has 2 aromatic carbocycles. The third-order valence-corrected chi connectivity index (χ3v) is 6.39. The predicted molar refractivity (Wildman–Crippen MR) is 98.5 cm³/mol. The smallest absolute Gasteiger partial charge is 0.261 e. The lowest BCUT2D eigenvalue weighted by molar-refractivity contribution is 0.492. The van der Waals surface area contributed by atoms with E-state index in [2.05, 4.69) is 9.44 Å².